The SMILES string of the molecule is O=C(Oc1ccccc1)[n+]1cccc(F)c1.[Cl-]. The average molecular weight is 254 g/mol. The van der Waals surface area contributed by atoms with Gasteiger partial charge in [0, 0.05) is 6.07 Å². The highest BCUT2D eigenvalue weighted by atomic mass is 35.5. The monoisotopic (exact) mass is 253 g/mol. The Hall–Kier alpha value is -1.94. The summed E-state index contributed by atoms with van der Waals surface area (Å²) in [4.78, 5) is 11.5. The lowest BCUT2D eigenvalue weighted by molar-refractivity contribution is -0.583. The van der Waals surface area contributed by atoms with Crippen LogP contribution in [0.15, 0.2) is 54.9 Å². The first-order valence-electron chi connectivity index (χ1n) is 4.70. The molecule has 0 atom stereocenters. The van der Waals surface area contributed by atoms with Gasteiger partial charge in [0.05, 0.1) is 0 Å². The van der Waals surface area contributed by atoms with Crippen LogP contribution >= 0.6 is 0 Å². The molecular formula is C12H9ClFNO2. The van der Waals surface area contributed by atoms with Crippen LogP contribution in [0.3, 0.4) is 0 Å². The maximum atomic E-state index is 12.8. The minimum absolute atomic E-state index is 0. The van der Waals surface area contributed by atoms with Crippen molar-refractivity contribution in [2.75, 3.05) is 0 Å². The van der Waals surface area contributed by atoms with Gasteiger partial charge in [-0.25, -0.2) is 4.39 Å². The Morgan fingerprint density at radius 2 is 1.82 bits per heavy atom. The summed E-state index contributed by atoms with van der Waals surface area (Å²) in [6.07, 6.45) is 1.84. The van der Waals surface area contributed by atoms with E-state index in [1.54, 1.807) is 24.3 Å². The van der Waals surface area contributed by atoms with Crippen LogP contribution in [-0.4, -0.2) is 6.09 Å². The third-order valence-electron chi connectivity index (χ3n) is 1.92. The topological polar surface area (TPSA) is 30.2 Å². The van der Waals surface area contributed by atoms with Gasteiger partial charge in [-0.1, -0.05) is 22.8 Å². The van der Waals surface area contributed by atoms with Crippen LogP contribution in [0.25, 0.3) is 0 Å². The molecular weight excluding hydrogens is 245 g/mol. The van der Waals surface area contributed by atoms with Gasteiger partial charge in [-0.3, -0.25) is 0 Å². The van der Waals surface area contributed by atoms with E-state index in [0.717, 1.165) is 10.8 Å². The second-order valence-electron chi connectivity index (χ2n) is 3.11. The summed E-state index contributed by atoms with van der Waals surface area (Å²) in [6, 6.07) is 11.3. The first-order valence-corrected chi connectivity index (χ1v) is 4.70. The number of ether oxygens (including phenoxy) is 1. The Morgan fingerprint density at radius 3 is 2.47 bits per heavy atom. The van der Waals surface area contributed by atoms with E-state index in [0.29, 0.717) is 5.75 Å². The number of carbonyl (C=O) groups is 1. The summed E-state index contributed by atoms with van der Waals surface area (Å²) in [5.74, 6) is -0.0724. The van der Waals surface area contributed by atoms with Crippen LogP contribution in [0, 0.1) is 5.82 Å². The third-order valence-corrected chi connectivity index (χ3v) is 1.92. The highest BCUT2D eigenvalue weighted by molar-refractivity contribution is 5.60. The summed E-state index contributed by atoms with van der Waals surface area (Å²) in [7, 11) is 0. The molecule has 0 radical (unpaired) electrons. The van der Waals surface area contributed by atoms with E-state index in [2.05, 4.69) is 0 Å². The Labute approximate surface area is 104 Å². The Kier molecular flexibility index (Phi) is 4.60. The second-order valence-corrected chi connectivity index (χ2v) is 3.11. The lowest BCUT2D eigenvalue weighted by atomic mass is 10.3. The van der Waals surface area contributed by atoms with Gasteiger partial charge >= 0.3 is 6.09 Å². The fourth-order valence-corrected chi connectivity index (χ4v) is 1.20. The Balaban J connectivity index is 0.00000144. The van der Waals surface area contributed by atoms with Gasteiger partial charge in [-0.05, 0) is 18.2 Å². The van der Waals surface area contributed by atoms with Crippen molar-refractivity contribution >= 4 is 6.09 Å². The number of rotatable bonds is 1. The molecule has 0 bridgehead atoms. The van der Waals surface area contributed by atoms with Gasteiger partial charge in [-0.15, -0.1) is 0 Å². The zero-order valence-corrected chi connectivity index (χ0v) is 9.47. The van der Waals surface area contributed by atoms with Crippen LogP contribution < -0.4 is 21.7 Å². The zero-order valence-electron chi connectivity index (χ0n) is 8.72. The van der Waals surface area contributed by atoms with E-state index < -0.39 is 11.9 Å². The number of nitrogens with zero attached hydrogens (tertiary/aromatic N) is 1. The van der Waals surface area contributed by atoms with E-state index >= 15 is 0 Å². The van der Waals surface area contributed by atoms with Crippen molar-refractivity contribution in [3.8, 4) is 5.75 Å². The summed E-state index contributed by atoms with van der Waals surface area (Å²) in [5.41, 5.74) is 0. The molecule has 0 unspecified atom stereocenters. The van der Waals surface area contributed by atoms with Crippen molar-refractivity contribution in [3.63, 3.8) is 0 Å². The summed E-state index contributed by atoms with van der Waals surface area (Å²) >= 11 is 0. The molecule has 0 fully saturated rings. The molecule has 5 heteroatoms. The number of para-hydroxylation sites is 1. The minimum Gasteiger partial charge on any atom is -1.00 e. The first-order chi connectivity index (χ1) is 7.75. The van der Waals surface area contributed by atoms with Gasteiger partial charge in [0.15, 0.2) is 12.0 Å². The fraction of sp³-hybridized carbons (Fsp3) is 0. The van der Waals surface area contributed by atoms with Crippen molar-refractivity contribution < 1.29 is 30.9 Å². The van der Waals surface area contributed by atoms with Gasteiger partial charge in [0.1, 0.15) is 5.75 Å². The molecule has 0 aliphatic heterocycles. The molecule has 0 N–H and O–H groups in total. The highest BCUT2D eigenvalue weighted by Gasteiger charge is 2.17. The van der Waals surface area contributed by atoms with Crippen molar-refractivity contribution in [1.82, 2.24) is 0 Å². The van der Waals surface area contributed by atoms with Crippen LogP contribution in [0.1, 0.15) is 0 Å². The van der Waals surface area contributed by atoms with Gasteiger partial charge in [-0.2, -0.15) is 4.79 Å². The molecule has 0 aliphatic carbocycles. The predicted octanol–water partition coefficient (Wildman–Crippen LogP) is -0.836. The van der Waals surface area contributed by atoms with Crippen molar-refractivity contribution in [2.24, 2.45) is 0 Å². The van der Waals surface area contributed by atoms with Gasteiger partial charge in [0.2, 0.25) is 6.20 Å². The Morgan fingerprint density at radius 1 is 1.12 bits per heavy atom. The maximum absolute atomic E-state index is 12.8. The average Bonchev–Trinajstić information content (AvgIpc) is 2.30. The summed E-state index contributed by atoms with van der Waals surface area (Å²) < 4.78 is 18.9. The van der Waals surface area contributed by atoms with Crippen molar-refractivity contribution in [2.45, 2.75) is 0 Å². The number of aromatic nitrogens is 1. The molecule has 2 aromatic rings. The molecule has 1 aromatic carbocycles. The van der Waals surface area contributed by atoms with Crippen LogP contribution in [0.2, 0.25) is 0 Å². The molecule has 17 heavy (non-hydrogen) atoms. The molecule has 0 amide bonds. The Bertz CT molecular complexity index is 505. The largest absolute Gasteiger partial charge is 1.00 e. The minimum atomic E-state index is -0.647. The third kappa shape index (κ3) is 3.53. The van der Waals surface area contributed by atoms with E-state index in [-0.39, 0.29) is 12.4 Å². The molecule has 1 aromatic heterocycles. The molecule has 0 saturated carbocycles. The quantitative estimate of drug-likeness (QED) is 0.621. The molecule has 0 spiro atoms. The highest BCUT2D eigenvalue weighted by Crippen LogP contribution is 2.07. The molecule has 0 aliphatic rings. The summed E-state index contributed by atoms with van der Waals surface area (Å²) in [5, 5.41) is 0. The normalized spacial score (nSPS) is 9.24. The van der Waals surface area contributed by atoms with Gasteiger partial charge in [0.25, 0.3) is 0 Å². The van der Waals surface area contributed by atoms with Crippen molar-refractivity contribution in [1.29, 1.82) is 0 Å². The predicted molar refractivity (Wildman–Crippen MR) is 54.5 cm³/mol. The molecule has 2 rings (SSSR count). The molecule has 0 saturated heterocycles. The van der Waals surface area contributed by atoms with E-state index in [1.165, 1.54) is 18.3 Å². The number of carbonyl (C=O) groups excluding carboxylic acids is 1. The van der Waals surface area contributed by atoms with Crippen LogP contribution in [0.4, 0.5) is 9.18 Å². The van der Waals surface area contributed by atoms with Crippen LogP contribution in [0.5, 0.6) is 5.75 Å². The standard InChI is InChI=1S/C12H9FNO2.ClH/c13-10-5-4-8-14(9-10)12(15)16-11-6-2-1-3-7-11;/h1-9H;1H/q+1;/p-1. The number of hydrogen-bond donors (Lipinski definition) is 0. The van der Waals surface area contributed by atoms with Crippen molar-refractivity contribution in [3.05, 3.63) is 60.7 Å². The molecule has 1 heterocycles. The maximum Gasteiger partial charge on any atom is 0.607 e. The zero-order chi connectivity index (χ0) is 11.4. The van der Waals surface area contributed by atoms with E-state index in [4.69, 9.17) is 4.74 Å². The smallest absolute Gasteiger partial charge is 0.607 e. The fourth-order valence-electron chi connectivity index (χ4n) is 1.20. The van der Waals surface area contributed by atoms with Crippen LogP contribution in [-0.2, 0) is 0 Å². The van der Waals surface area contributed by atoms with Gasteiger partial charge < -0.3 is 17.1 Å². The first kappa shape index (κ1) is 13.1. The van der Waals surface area contributed by atoms with E-state index in [1.807, 2.05) is 6.07 Å². The van der Waals surface area contributed by atoms with E-state index in [9.17, 15) is 9.18 Å². The number of halogens is 2. The number of hydrogen-bond acceptors (Lipinski definition) is 2. The second kappa shape index (κ2) is 5.96. The number of benzene rings is 1. The lowest BCUT2D eigenvalue weighted by Crippen LogP contribution is -3.00. The molecule has 3 nitrogen and oxygen atoms in total. The lowest BCUT2D eigenvalue weighted by Gasteiger charge is -1.98. The number of pyridine rings is 1. The molecule has 88 valence electrons. The summed E-state index contributed by atoms with van der Waals surface area (Å²) in [6.45, 7) is 0.